The number of nitrogens with zero attached hydrogens (tertiary/aromatic N) is 2. The zero-order valence-corrected chi connectivity index (χ0v) is 14.5. The highest BCUT2D eigenvalue weighted by molar-refractivity contribution is 5.70. The van der Waals surface area contributed by atoms with Crippen LogP contribution in [0.2, 0.25) is 0 Å². The summed E-state index contributed by atoms with van der Waals surface area (Å²) in [6, 6.07) is 8.23. The molecule has 0 aliphatic rings. The summed E-state index contributed by atoms with van der Waals surface area (Å²) in [5.41, 5.74) is 2.10. The summed E-state index contributed by atoms with van der Waals surface area (Å²) in [5, 5.41) is 0. The Hall–Kier alpha value is -2.50. The maximum Gasteiger partial charge on any atom is 0.417 e. The molecule has 0 N–H and O–H groups in total. The Labute approximate surface area is 144 Å². The predicted octanol–water partition coefficient (Wildman–Crippen LogP) is 5.33. The van der Waals surface area contributed by atoms with Gasteiger partial charge >= 0.3 is 6.18 Å². The minimum absolute atomic E-state index is 0.0658. The molecule has 132 valence electrons. The van der Waals surface area contributed by atoms with Gasteiger partial charge in [-0.1, -0.05) is 26.8 Å². The Morgan fingerprint density at radius 2 is 1.64 bits per heavy atom. The van der Waals surface area contributed by atoms with Crippen molar-refractivity contribution in [1.29, 1.82) is 0 Å². The summed E-state index contributed by atoms with van der Waals surface area (Å²) in [4.78, 5) is 4.45. The van der Waals surface area contributed by atoms with E-state index in [-0.39, 0.29) is 5.41 Å². The molecule has 0 bridgehead atoms. The summed E-state index contributed by atoms with van der Waals surface area (Å²) in [7, 11) is 1.56. The molecular formula is C19H19F3N2O. The van der Waals surface area contributed by atoms with Crippen molar-refractivity contribution in [1.82, 2.24) is 9.38 Å². The minimum atomic E-state index is -4.39. The summed E-state index contributed by atoms with van der Waals surface area (Å²) in [6.45, 7) is 6.29. The molecule has 0 saturated heterocycles. The summed E-state index contributed by atoms with van der Waals surface area (Å²) < 4.78 is 45.5. The molecular weight excluding hydrogens is 329 g/mol. The van der Waals surface area contributed by atoms with Gasteiger partial charge in [0, 0.05) is 18.0 Å². The van der Waals surface area contributed by atoms with Crippen molar-refractivity contribution in [2.45, 2.75) is 32.4 Å². The molecule has 0 atom stereocenters. The maximum absolute atomic E-state index is 12.9. The van der Waals surface area contributed by atoms with Crippen LogP contribution >= 0.6 is 0 Å². The lowest BCUT2D eigenvalue weighted by molar-refractivity contribution is -0.137. The normalized spacial score (nSPS) is 12.6. The average molecular weight is 348 g/mol. The van der Waals surface area contributed by atoms with Gasteiger partial charge in [0.1, 0.15) is 11.4 Å². The third-order valence-corrected chi connectivity index (χ3v) is 4.12. The molecule has 3 rings (SSSR count). The first kappa shape index (κ1) is 17.3. The van der Waals surface area contributed by atoms with Crippen LogP contribution in [-0.2, 0) is 11.6 Å². The van der Waals surface area contributed by atoms with Crippen LogP contribution in [0.4, 0.5) is 13.2 Å². The average Bonchev–Trinajstić information content (AvgIpc) is 2.95. The second-order valence-electron chi connectivity index (χ2n) is 6.97. The van der Waals surface area contributed by atoms with E-state index in [4.69, 9.17) is 4.74 Å². The Kier molecular flexibility index (Phi) is 4.01. The van der Waals surface area contributed by atoms with Gasteiger partial charge < -0.3 is 9.14 Å². The number of aromatic nitrogens is 2. The molecule has 3 aromatic rings. The molecule has 2 heterocycles. The van der Waals surface area contributed by atoms with E-state index in [1.807, 2.05) is 18.2 Å². The van der Waals surface area contributed by atoms with Gasteiger partial charge in [-0.15, -0.1) is 0 Å². The summed E-state index contributed by atoms with van der Waals surface area (Å²) in [6.07, 6.45) is -1.75. The first-order chi connectivity index (χ1) is 11.6. The fourth-order valence-electron chi connectivity index (χ4n) is 2.66. The fraction of sp³-hybridized carbons (Fsp3) is 0.316. The van der Waals surface area contributed by atoms with Crippen LogP contribution < -0.4 is 4.74 Å². The van der Waals surface area contributed by atoms with Gasteiger partial charge in [-0.2, -0.15) is 13.2 Å². The molecule has 25 heavy (non-hydrogen) atoms. The number of hydrogen-bond donors (Lipinski definition) is 0. The molecule has 0 amide bonds. The maximum atomic E-state index is 12.9. The largest absolute Gasteiger partial charge is 0.496 e. The lowest BCUT2D eigenvalue weighted by Gasteiger charge is -2.20. The van der Waals surface area contributed by atoms with E-state index in [0.717, 1.165) is 23.4 Å². The summed E-state index contributed by atoms with van der Waals surface area (Å²) in [5.74, 6) is 0.632. The van der Waals surface area contributed by atoms with Crippen molar-refractivity contribution in [3.05, 3.63) is 53.9 Å². The van der Waals surface area contributed by atoms with Crippen LogP contribution in [0.1, 0.15) is 31.9 Å². The third-order valence-electron chi connectivity index (χ3n) is 4.12. The van der Waals surface area contributed by atoms with Crippen molar-refractivity contribution in [2.75, 3.05) is 7.11 Å². The number of benzene rings is 1. The van der Waals surface area contributed by atoms with Crippen LogP contribution in [0.3, 0.4) is 0 Å². The molecule has 0 saturated carbocycles. The van der Waals surface area contributed by atoms with Crippen molar-refractivity contribution >= 4 is 5.65 Å². The quantitative estimate of drug-likeness (QED) is 0.626. The highest BCUT2D eigenvalue weighted by Gasteiger charge is 2.31. The van der Waals surface area contributed by atoms with Crippen molar-refractivity contribution < 1.29 is 17.9 Å². The predicted molar refractivity (Wildman–Crippen MR) is 90.9 cm³/mol. The first-order valence-electron chi connectivity index (χ1n) is 7.84. The van der Waals surface area contributed by atoms with Crippen molar-refractivity contribution in [3.63, 3.8) is 0 Å². The summed E-state index contributed by atoms with van der Waals surface area (Å²) >= 11 is 0. The Bertz CT molecular complexity index is 921. The molecule has 6 heteroatoms. The number of hydrogen-bond acceptors (Lipinski definition) is 2. The van der Waals surface area contributed by atoms with E-state index in [2.05, 4.69) is 25.8 Å². The number of imidazole rings is 1. The number of ether oxygens (including phenoxy) is 1. The topological polar surface area (TPSA) is 26.5 Å². The van der Waals surface area contributed by atoms with Crippen LogP contribution in [0.25, 0.3) is 16.9 Å². The molecule has 3 nitrogen and oxygen atoms in total. The number of halogens is 3. The van der Waals surface area contributed by atoms with E-state index in [1.165, 1.54) is 10.5 Å². The molecule has 0 unspecified atom stereocenters. The third kappa shape index (κ3) is 3.34. The van der Waals surface area contributed by atoms with E-state index in [9.17, 15) is 13.2 Å². The number of pyridine rings is 1. The SMILES string of the molecule is COc1ccc(C(C)(C)C)cc1-c1cn2cc(C(F)(F)F)ccc2n1. The first-order valence-corrected chi connectivity index (χ1v) is 7.84. The van der Waals surface area contributed by atoms with Gasteiger partial charge in [0.15, 0.2) is 0 Å². The van der Waals surface area contributed by atoms with Crippen LogP contribution in [-0.4, -0.2) is 16.5 Å². The van der Waals surface area contributed by atoms with Crippen LogP contribution in [0.15, 0.2) is 42.7 Å². The van der Waals surface area contributed by atoms with Gasteiger partial charge in [-0.05, 0) is 35.2 Å². The molecule has 0 aliphatic carbocycles. The van der Waals surface area contributed by atoms with Gasteiger partial charge in [0.2, 0.25) is 0 Å². The van der Waals surface area contributed by atoms with E-state index >= 15 is 0 Å². The highest BCUT2D eigenvalue weighted by Crippen LogP contribution is 2.35. The Morgan fingerprint density at radius 3 is 2.24 bits per heavy atom. The molecule has 0 fully saturated rings. The lowest BCUT2D eigenvalue weighted by Crippen LogP contribution is -2.11. The molecule has 2 aromatic heterocycles. The zero-order valence-electron chi connectivity index (χ0n) is 14.5. The van der Waals surface area contributed by atoms with Crippen molar-refractivity contribution in [2.24, 2.45) is 0 Å². The van der Waals surface area contributed by atoms with Gasteiger partial charge in [0.05, 0.1) is 18.4 Å². The number of alkyl halides is 3. The van der Waals surface area contributed by atoms with Crippen LogP contribution in [0, 0.1) is 0 Å². The minimum Gasteiger partial charge on any atom is -0.496 e. The number of fused-ring (bicyclic) bond motifs is 1. The standard InChI is InChI=1S/C19H19F3N2O/c1-18(2,3)12-5-7-16(25-4)14(9-12)15-11-24-10-13(19(20,21)22)6-8-17(24)23-15/h5-11H,1-4H3. The van der Waals surface area contributed by atoms with Gasteiger partial charge in [-0.3, -0.25) is 0 Å². The number of methoxy groups -OCH3 is 1. The van der Waals surface area contributed by atoms with Crippen LogP contribution in [0.5, 0.6) is 5.75 Å². The lowest BCUT2D eigenvalue weighted by atomic mass is 9.86. The molecule has 0 aliphatic heterocycles. The molecule has 0 spiro atoms. The van der Waals surface area contributed by atoms with Gasteiger partial charge in [0.25, 0.3) is 0 Å². The second kappa shape index (κ2) is 5.79. The van der Waals surface area contributed by atoms with E-state index in [1.54, 1.807) is 13.3 Å². The van der Waals surface area contributed by atoms with E-state index < -0.39 is 11.7 Å². The van der Waals surface area contributed by atoms with E-state index in [0.29, 0.717) is 17.1 Å². The van der Waals surface area contributed by atoms with Gasteiger partial charge in [-0.25, -0.2) is 4.98 Å². The highest BCUT2D eigenvalue weighted by atomic mass is 19.4. The Morgan fingerprint density at radius 1 is 0.960 bits per heavy atom. The molecule has 0 radical (unpaired) electrons. The molecule has 1 aromatic carbocycles. The smallest absolute Gasteiger partial charge is 0.417 e. The van der Waals surface area contributed by atoms with Crippen molar-refractivity contribution in [3.8, 4) is 17.0 Å². The second-order valence-corrected chi connectivity index (χ2v) is 6.97. The Balaban J connectivity index is 2.15. The fourth-order valence-corrected chi connectivity index (χ4v) is 2.66. The monoisotopic (exact) mass is 348 g/mol. The number of rotatable bonds is 2. The zero-order chi connectivity index (χ0) is 18.4.